The molecule has 1 saturated carbocycles. The lowest BCUT2D eigenvalue weighted by molar-refractivity contribution is -0.142. The summed E-state index contributed by atoms with van der Waals surface area (Å²) in [6.45, 7) is 1.55. The van der Waals surface area contributed by atoms with Crippen molar-refractivity contribution in [2.24, 2.45) is 0 Å². The number of amides is 2. The molecule has 0 spiro atoms. The van der Waals surface area contributed by atoms with E-state index in [-0.39, 0.29) is 12.5 Å². The largest absolute Gasteiger partial charge is 0.480 e. The summed E-state index contributed by atoms with van der Waals surface area (Å²) >= 11 is 0. The second-order valence-electron chi connectivity index (χ2n) is 8.27. The standard InChI is InChI=1S/C24H26N2O5/c1-15(21(27)28)25-22(29)24(12-6-7-13-24)26-23(30)31-14-20-18-10-4-2-8-16(18)17-9-3-5-11-19(17)20/h2-5,8-11,15,20H,6-7,12-14H2,1H3,(H,25,29)(H,26,30)(H,27,28)/t15-/m1/s1. The van der Waals surface area contributed by atoms with Crippen molar-refractivity contribution in [1.82, 2.24) is 10.6 Å². The minimum absolute atomic E-state index is 0.0708. The number of carbonyl (C=O) groups is 3. The van der Waals surface area contributed by atoms with E-state index in [1.165, 1.54) is 6.92 Å². The average Bonchev–Trinajstić information content (AvgIpc) is 3.36. The quantitative estimate of drug-likeness (QED) is 0.662. The molecule has 0 aromatic heterocycles. The van der Waals surface area contributed by atoms with Crippen LogP contribution in [0.5, 0.6) is 0 Å². The van der Waals surface area contributed by atoms with Gasteiger partial charge in [-0.15, -0.1) is 0 Å². The molecule has 2 aromatic carbocycles. The van der Waals surface area contributed by atoms with E-state index in [2.05, 4.69) is 22.8 Å². The number of ether oxygens (including phenoxy) is 1. The number of carbonyl (C=O) groups excluding carboxylic acids is 2. The molecule has 2 amide bonds. The molecule has 0 saturated heterocycles. The Labute approximate surface area is 180 Å². The molecule has 0 radical (unpaired) electrons. The lowest BCUT2D eigenvalue weighted by atomic mass is 9.96. The van der Waals surface area contributed by atoms with Crippen LogP contribution in [0.25, 0.3) is 11.1 Å². The Hall–Kier alpha value is -3.35. The average molecular weight is 422 g/mol. The molecule has 2 aliphatic carbocycles. The van der Waals surface area contributed by atoms with Crippen molar-refractivity contribution in [1.29, 1.82) is 0 Å². The minimum Gasteiger partial charge on any atom is -0.480 e. The van der Waals surface area contributed by atoms with E-state index in [0.717, 1.165) is 35.1 Å². The van der Waals surface area contributed by atoms with Crippen molar-refractivity contribution >= 4 is 18.0 Å². The molecule has 0 bridgehead atoms. The number of aliphatic carboxylic acids is 1. The molecule has 2 aliphatic rings. The molecule has 0 aliphatic heterocycles. The van der Waals surface area contributed by atoms with Crippen LogP contribution in [-0.4, -0.2) is 41.3 Å². The summed E-state index contributed by atoms with van der Waals surface area (Å²) in [6.07, 6.45) is 1.80. The van der Waals surface area contributed by atoms with E-state index in [0.29, 0.717) is 12.8 Å². The van der Waals surface area contributed by atoms with Gasteiger partial charge in [0.25, 0.3) is 0 Å². The van der Waals surface area contributed by atoms with Crippen LogP contribution < -0.4 is 10.6 Å². The van der Waals surface area contributed by atoms with Crippen LogP contribution >= 0.6 is 0 Å². The Kier molecular flexibility index (Phi) is 5.67. The van der Waals surface area contributed by atoms with E-state index < -0.39 is 29.6 Å². The Morgan fingerprint density at radius 1 is 1.03 bits per heavy atom. The fraction of sp³-hybridized carbons (Fsp3) is 0.375. The zero-order chi connectivity index (χ0) is 22.0. The number of hydrogen-bond donors (Lipinski definition) is 3. The number of rotatable bonds is 6. The highest BCUT2D eigenvalue weighted by Crippen LogP contribution is 2.44. The van der Waals surface area contributed by atoms with Crippen LogP contribution in [0.2, 0.25) is 0 Å². The SMILES string of the molecule is C[C@@H](NC(=O)C1(NC(=O)OCC2c3ccccc3-c3ccccc32)CCCC1)C(=O)O. The molecule has 4 rings (SSSR count). The first kappa shape index (κ1) is 20.9. The van der Waals surface area contributed by atoms with Crippen molar-refractivity contribution in [3.05, 3.63) is 59.7 Å². The van der Waals surface area contributed by atoms with Gasteiger partial charge in [-0.2, -0.15) is 0 Å². The molecular weight excluding hydrogens is 396 g/mol. The van der Waals surface area contributed by atoms with E-state index in [4.69, 9.17) is 9.84 Å². The molecule has 31 heavy (non-hydrogen) atoms. The van der Waals surface area contributed by atoms with E-state index in [9.17, 15) is 14.4 Å². The smallest absolute Gasteiger partial charge is 0.408 e. The summed E-state index contributed by atoms with van der Waals surface area (Å²) in [6, 6.07) is 15.1. The van der Waals surface area contributed by atoms with Crippen molar-refractivity contribution < 1.29 is 24.2 Å². The Balaban J connectivity index is 1.45. The molecular formula is C24H26N2O5. The summed E-state index contributed by atoms with van der Waals surface area (Å²) in [5.74, 6) is -1.67. The lowest BCUT2D eigenvalue weighted by Crippen LogP contribution is -2.59. The molecule has 0 heterocycles. The molecule has 3 N–H and O–H groups in total. The molecule has 7 heteroatoms. The molecule has 2 aromatic rings. The normalized spacial score (nSPS) is 17.3. The zero-order valence-corrected chi connectivity index (χ0v) is 17.4. The number of carboxylic acids is 1. The zero-order valence-electron chi connectivity index (χ0n) is 17.4. The topological polar surface area (TPSA) is 105 Å². The van der Waals surface area contributed by atoms with Gasteiger partial charge in [0, 0.05) is 5.92 Å². The summed E-state index contributed by atoms with van der Waals surface area (Å²) in [4.78, 5) is 36.5. The fourth-order valence-corrected chi connectivity index (χ4v) is 4.61. The Bertz CT molecular complexity index is 967. The predicted molar refractivity (Wildman–Crippen MR) is 115 cm³/mol. The first-order valence-electron chi connectivity index (χ1n) is 10.6. The van der Waals surface area contributed by atoms with Crippen molar-refractivity contribution in [2.45, 2.75) is 50.1 Å². The Morgan fingerprint density at radius 2 is 1.58 bits per heavy atom. The third-order valence-corrected chi connectivity index (χ3v) is 6.29. The van der Waals surface area contributed by atoms with Gasteiger partial charge in [-0.3, -0.25) is 9.59 Å². The monoisotopic (exact) mass is 422 g/mol. The first-order valence-corrected chi connectivity index (χ1v) is 10.6. The van der Waals surface area contributed by atoms with Gasteiger partial charge in [-0.1, -0.05) is 61.4 Å². The van der Waals surface area contributed by atoms with Crippen LogP contribution in [0.15, 0.2) is 48.5 Å². The van der Waals surface area contributed by atoms with Crippen LogP contribution in [-0.2, 0) is 14.3 Å². The third-order valence-electron chi connectivity index (χ3n) is 6.29. The van der Waals surface area contributed by atoms with E-state index in [1.54, 1.807) is 0 Å². The number of carboxylic acid groups (broad SMARTS) is 1. The van der Waals surface area contributed by atoms with Crippen LogP contribution in [0.1, 0.15) is 49.7 Å². The van der Waals surface area contributed by atoms with Crippen LogP contribution in [0.3, 0.4) is 0 Å². The maximum atomic E-state index is 12.8. The fourth-order valence-electron chi connectivity index (χ4n) is 4.61. The van der Waals surface area contributed by atoms with Crippen molar-refractivity contribution in [2.75, 3.05) is 6.61 Å². The van der Waals surface area contributed by atoms with Gasteiger partial charge in [0.2, 0.25) is 5.91 Å². The van der Waals surface area contributed by atoms with Crippen LogP contribution in [0.4, 0.5) is 4.79 Å². The van der Waals surface area contributed by atoms with Gasteiger partial charge in [0.05, 0.1) is 0 Å². The van der Waals surface area contributed by atoms with Gasteiger partial charge < -0.3 is 20.5 Å². The second kappa shape index (κ2) is 8.41. The highest BCUT2D eigenvalue weighted by Gasteiger charge is 2.44. The molecule has 162 valence electrons. The number of benzene rings is 2. The summed E-state index contributed by atoms with van der Waals surface area (Å²) in [5, 5.41) is 14.3. The molecule has 1 atom stereocenters. The molecule has 0 unspecified atom stereocenters. The van der Waals surface area contributed by atoms with Crippen LogP contribution in [0, 0.1) is 0 Å². The highest BCUT2D eigenvalue weighted by atomic mass is 16.5. The number of nitrogens with one attached hydrogen (secondary N) is 2. The van der Waals surface area contributed by atoms with Crippen molar-refractivity contribution in [3.63, 3.8) is 0 Å². The van der Waals surface area contributed by atoms with Gasteiger partial charge in [0.1, 0.15) is 18.2 Å². The van der Waals surface area contributed by atoms with E-state index >= 15 is 0 Å². The van der Waals surface area contributed by atoms with Gasteiger partial charge in [0.15, 0.2) is 0 Å². The predicted octanol–water partition coefficient (Wildman–Crippen LogP) is 3.43. The van der Waals surface area contributed by atoms with Gasteiger partial charge in [-0.05, 0) is 42.0 Å². The molecule has 7 nitrogen and oxygen atoms in total. The number of alkyl carbamates (subject to hydrolysis) is 1. The molecule has 1 fully saturated rings. The maximum absolute atomic E-state index is 12.8. The van der Waals surface area contributed by atoms with Crippen molar-refractivity contribution in [3.8, 4) is 11.1 Å². The third kappa shape index (κ3) is 4.00. The first-order chi connectivity index (χ1) is 14.9. The Morgan fingerprint density at radius 3 is 2.13 bits per heavy atom. The maximum Gasteiger partial charge on any atom is 0.408 e. The summed E-state index contributed by atoms with van der Waals surface area (Å²) in [7, 11) is 0. The van der Waals surface area contributed by atoms with E-state index in [1.807, 2.05) is 36.4 Å². The van der Waals surface area contributed by atoms with Gasteiger partial charge in [-0.25, -0.2) is 4.79 Å². The van der Waals surface area contributed by atoms with Gasteiger partial charge >= 0.3 is 12.1 Å². The minimum atomic E-state index is -1.13. The second-order valence-corrected chi connectivity index (χ2v) is 8.27. The lowest BCUT2D eigenvalue weighted by Gasteiger charge is -2.29. The number of fused-ring (bicyclic) bond motifs is 3. The summed E-state index contributed by atoms with van der Waals surface area (Å²) < 4.78 is 5.58. The highest BCUT2D eigenvalue weighted by molar-refractivity contribution is 5.93. The summed E-state index contributed by atoms with van der Waals surface area (Å²) in [5.41, 5.74) is 3.37. The number of hydrogen-bond acceptors (Lipinski definition) is 4.